The van der Waals surface area contributed by atoms with Crippen LogP contribution in [0.4, 0.5) is 5.82 Å². The molecule has 0 aliphatic carbocycles. The molecule has 0 unspecified atom stereocenters. The van der Waals surface area contributed by atoms with E-state index in [1.807, 2.05) is 31.2 Å². The Morgan fingerprint density at radius 2 is 2.12 bits per heavy atom. The number of aromatic nitrogens is 1. The minimum Gasteiger partial charge on any atom is -0.489 e. The van der Waals surface area contributed by atoms with E-state index in [0.717, 1.165) is 16.9 Å². The monoisotopic (exact) mass is 248 g/mol. The number of nitrogens with two attached hydrogens (primary N) is 1. The summed E-state index contributed by atoms with van der Waals surface area (Å²) in [6.45, 7) is 2.43. The van der Waals surface area contributed by atoms with Gasteiger partial charge in [0.2, 0.25) is 0 Å². The van der Waals surface area contributed by atoms with E-state index in [1.54, 1.807) is 12.3 Å². The van der Waals surface area contributed by atoms with Gasteiger partial charge in [-0.25, -0.2) is 4.98 Å². The summed E-state index contributed by atoms with van der Waals surface area (Å²) in [6, 6.07) is 9.22. The first kappa shape index (κ1) is 11.7. The van der Waals surface area contributed by atoms with E-state index in [0.29, 0.717) is 17.4 Å². The molecular weight excluding hydrogens is 236 g/mol. The third-order valence-electron chi connectivity index (χ3n) is 2.39. The van der Waals surface area contributed by atoms with E-state index in [9.17, 15) is 0 Å². The molecule has 2 aromatic rings. The van der Waals surface area contributed by atoms with Gasteiger partial charge in [0.25, 0.3) is 0 Å². The van der Waals surface area contributed by atoms with Gasteiger partial charge in [0, 0.05) is 16.8 Å². The van der Waals surface area contributed by atoms with Crippen LogP contribution in [0, 0.1) is 6.92 Å². The molecule has 1 heterocycles. The van der Waals surface area contributed by atoms with Crippen molar-refractivity contribution in [1.29, 1.82) is 0 Å². The number of hydrogen-bond donors (Lipinski definition) is 1. The van der Waals surface area contributed by atoms with E-state index in [-0.39, 0.29) is 0 Å². The fourth-order valence-electron chi connectivity index (χ4n) is 1.41. The first-order valence-corrected chi connectivity index (χ1v) is 5.62. The third kappa shape index (κ3) is 3.11. The number of hydrogen-bond acceptors (Lipinski definition) is 3. The number of aryl methyl sites for hydroxylation is 1. The molecule has 4 heteroatoms. The molecule has 2 N–H and O–H groups in total. The Hall–Kier alpha value is -1.74. The number of anilines is 1. The van der Waals surface area contributed by atoms with Crippen molar-refractivity contribution in [3.63, 3.8) is 0 Å². The number of rotatable bonds is 3. The maximum Gasteiger partial charge on any atom is 0.124 e. The SMILES string of the molecule is Cc1ccc(Cl)cc1OCc1ccc(N)nc1. The quantitative estimate of drug-likeness (QED) is 0.907. The van der Waals surface area contributed by atoms with Crippen molar-refractivity contribution >= 4 is 17.4 Å². The zero-order valence-corrected chi connectivity index (χ0v) is 10.2. The highest BCUT2D eigenvalue weighted by Gasteiger charge is 2.01. The van der Waals surface area contributed by atoms with Gasteiger partial charge in [-0.2, -0.15) is 0 Å². The lowest BCUT2D eigenvalue weighted by atomic mass is 10.2. The van der Waals surface area contributed by atoms with Crippen LogP contribution in [-0.4, -0.2) is 4.98 Å². The molecule has 3 nitrogen and oxygen atoms in total. The predicted molar refractivity (Wildman–Crippen MR) is 69.2 cm³/mol. The Balaban J connectivity index is 2.07. The van der Waals surface area contributed by atoms with Gasteiger partial charge in [-0.05, 0) is 30.7 Å². The molecule has 88 valence electrons. The van der Waals surface area contributed by atoms with Gasteiger partial charge in [-0.15, -0.1) is 0 Å². The van der Waals surface area contributed by atoms with Gasteiger partial charge in [-0.1, -0.05) is 23.7 Å². The number of ether oxygens (including phenoxy) is 1. The van der Waals surface area contributed by atoms with Crippen LogP contribution in [0.2, 0.25) is 5.02 Å². The van der Waals surface area contributed by atoms with Gasteiger partial charge in [-0.3, -0.25) is 0 Å². The van der Waals surface area contributed by atoms with Crippen molar-refractivity contribution in [3.05, 3.63) is 52.7 Å². The van der Waals surface area contributed by atoms with E-state index >= 15 is 0 Å². The number of benzene rings is 1. The zero-order valence-electron chi connectivity index (χ0n) is 9.48. The molecule has 0 radical (unpaired) electrons. The summed E-state index contributed by atoms with van der Waals surface area (Å²) < 4.78 is 5.68. The molecule has 0 atom stereocenters. The summed E-state index contributed by atoms with van der Waals surface area (Å²) in [5.74, 6) is 1.29. The van der Waals surface area contributed by atoms with Crippen molar-refractivity contribution < 1.29 is 4.74 Å². The molecule has 0 bridgehead atoms. The first-order valence-electron chi connectivity index (χ1n) is 5.24. The number of pyridine rings is 1. The van der Waals surface area contributed by atoms with Crippen molar-refractivity contribution in [2.24, 2.45) is 0 Å². The van der Waals surface area contributed by atoms with Crippen molar-refractivity contribution in [3.8, 4) is 5.75 Å². The topological polar surface area (TPSA) is 48.1 Å². The number of nitrogen functional groups attached to an aromatic ring is 1. The Bertz CT molecular complexity index is 511. The van der Waals surface area contributed by atoms with Crippen LogP contribution in [0.5, 0.6) is 5.75 Å². The van der Waals surface area contributed by atoms with Gasteiger partial charge in [0.1, 0.15) is 18.2 Å². The van der Waals surface area contributed by atoms with E-state index in [1.165, 1.54) is 0 Å². The molecule has 17 heavy (non-hydrogen) atoms. The second-order valence-electron chi connectivity index (χ2n) is 3.79. The highest BCUT2D eigenvalue weighted by Crippen LogP contribution is 2.23. The number of nitrogens with zero attached hydrogens (tertiary/aromatic N) is 1. The molecule has 0 saturated carbocycles. The third-order valence-corrected chi connectivity index (χ3v) is 2.63. The highest BCUT2D eigenvalue weighted by molar-refractivity contribution is 6.30. The summed E-state index contributed by atoms with van der Waals surface area (Å²) in [4.78, 5) is 4.00. The fraction of sp³-hybridized carbons (Fsp3) is 0.154. The van der Waals surface area contributed by atoms with E-state index < -0.39 is 0 Å². The molecule has 0 amide bonds. The smallest absolute Gasteiger partial charge is 0.124 e. The maximum atomic E-state index is 5.91. The van der Waals surface area contributed by atoms with Crippen molar-refractivity contribution in [2.45, 2.75) is 13.5 Å². The normalized spacial score (nSPS) is 10.2. The minimum absolute atomic E-state index is 0.453. The highest BCUT2D eigenvalue weighted by atomic mass is 35.5. The molecule has 0 fully saturated rings. The average molecular weight is 249 g/mol. The lowest BCUT2D eigenvalue weighted by Crippen LogP contribution is -1.98. The molecule has 0 aliphatic rings. The molecule has 0 saturated heterocycles. The molecule has 1 aromatic carbocycles. The van der Waals surface area contributed by atoms with Crippen LogP contribution in [-0.2, 0) is 6.61 Å². The van der Waals surface area contributed by atoms with Crippen LogP contribution in [0.25, 0.3) is 0 Å². The summed E-state index contributed by atoms with van der Waals surface area (Å²) >= 11 is 5.91. The summed E-state index contributed by atoms with van der Waals surface area (Å²) in [5, 5.41) is 0.668. The number of halogens is 1. The van der Waals surface area contributed by atoms with E-state index in [2.05, 4.69) is 4.98 Å². The molecule has 0 spiro atoms. The minimum atomic E-state index is 0.453. The van der Waals surface area contributed by atoms with Crippen LogP contribution in [0.15, 0.2) is 36.5 Å². The molecule has 0 aliphatic heterocycles. The molecule has 1 aromatic heterocycles. The maximum absolute atomic E-state index is 5.91. The van der Waals surface area contributed by atoms with Gasteiger partial charge in [0.05, 0.1) is 0 Å². The zero-order chi connectivity index (χ0) is 12.3. The van der Waals surface area contributed by atoms with E-state index in [4.69, 9.17) is 22.1 Å². The Labute approximate surface area is 105 Å². The largest absolute Gasteiger partial charge is 0.489 e. The summed E-state index contributed by atoms with van der Waals surface area (Å²) in [6.07, 6.45) is 1.70. The fourth-order valence-corrected chi connectivity index (χ4v) is 1.57. The first-order chi connectivity index (χ1) is 8.15. The van der Waals surface area contributed by atoms with Gasteiger partial charge in [0.15, 0.2) is 0 Å². The Morgan fingerprint density at radius 3 is 2.82 bits per heavy atom. The summed E-state index contributed by atoms with van der Waals surface area (Å²) in [7, 11) is 0. The second-order valence-corrected chi connectivity index (χ2v) is 4.23. The second kappa shape index (κ2) is 5.06. The lowest BCUT2D eigenvalue weighted by molar-refractivity contribution is 0.303. The van der Waals surface area contributed by atoms with Crippen molar-refractivity contribution in [1.82, 2.24) is 4.98 Å². The Morgan fingerprint density at radius 1 is 1.29 bits per heavy atom. The van der Waals surface area contributed by atoms with Crippen LogP contribution >= 0.6 is 11.6 Å². The average Bonchev–Trinajstić information content (AvgIpc) is 2.32. The van der Waals surface area contributed by atoms with Gasteiger partial charge < -0.3 is 10.5 Å². The lowest BCUT2D eigenvalue weighted by Gasteiger charge is -2.09. The predicted octanol–water partition coefficient (Wildman–Crippen LogP) is 3.20. The van der Waals surface area contributed by atoms with Crippen molar-refractivity contribution in [2.75, 3.05) is 5.73 Å². The molecular formula is C13H13ClN2O. The van der Waals surface area contributed by atoms with Crippen LogP contribution in [0.3, 0.4) is 0 Å². The van der Waals surface area contributed by atoms with Crippen LogP contribution in [0.1, 0.15) is 11.1 Å². The van der Waals surface area contributed by atoms with Crippen LogP contribution < -0.4 is 10.5 Å². The standard InChI is InChI=1S/C13H13ClN2O/c1-9-2-4-11(14)6-12(9)17-8-10-3-5-13(15)16-7-10/h2-7H,8H2,1H3,(H2,15,16). The molecule has 2 rings (SSSR count). The Kier molecular flexibility index (Phi) is 3.49. The summed E-state index contributed by atoms with van der Waals surface area (Å²) in [5.41, 5.74) is 7.53. The van der Waals surface area contributed by atoms with Gasteiger partial charge >= 0.3 is 0 Å².